The Morgan fingerprint density at radius 1 is 0.581 bits per heavy atom. The normalized spacial score (nSPS) is 17.6. The van der Waals surface area contributed by atoms with E-state index in [4.69, 9.17) is 20.9 Å². The highest BCUT2D eigenvalue weighted by Crippen LogP contribution is 2.31. The molecule has 0 radical (unpaired) electrons. The van der Waals surface area contributed by atoms with Gasteiger partial charge in [0.1, 0.15) is 0 Å². The molecule has 0 saturated carbocycles. The largest absolute Gasteiger partial charge is 0.478 e. The second-order valence-electron chi connectivity index (χ2n) is 11.7. The van der Waals surface area contributed by atoms with Crippen LogP contribution in [0.15, 0.2) is 0 Å². The van der Waals surface area contributed by atoms with E-state index in [-0.39, 0.29) is 6.10 Å². The summed E-state index contributed by atoms with van der Waals surface area (Å²) in [6.07, 6.45) is 7.61. The van der Waals surface area contributed by atoms with Gasteiger partial charge in [0, 0.05) is 12.7 Å². The summed E-state index contributed by atoms with van der Waals surface area (Å²) in [4.78, 5) is 0. The first-order valence-corrected chi connectivity index (χ1v) is 26.7. The summed E-state index contributed by atoms with van der Waals surface area (Å²) in [5.74, 6) is 0. The summed E-state index contributed by atoms with van der Waals surface area (Å²) < 4.78 is 33.2. The fraction of sp³-hybridized carbons (Fsp3) is 1.00. The van der Waals surface area contributed by atoms with Gasteiger partial charge in [0.15, 0.2) is 16.6 Å². The average Bonchev–Trinajstić information content (AvgIpc) is 2.43. The average molecular weight is 527 g/mol. The Morgan fingerprint density at radius 3 is 1.52 bits per heavy atom. The monoisotopic (exact) mass is 526 g/mol. The number of unbranched alkanes of at least 4 members (excludes halogenated alkanes) is 5. The third-order valence-electron chi connectivity index (χ3n) is 4.34. The summed E-state index contributed by atoms with van der Waals surface area (Å²) in [5, 5.41) is 0. The van der Waals surface area contributed by atoms with Crippen LogP contribution < -0.4 is 0 Å². The minimum Gasteiger partial charge on any atom is -0.437 e. The van der Waals surface area contributed by atoms with Crippen LogP contribution in [0.25, 0.3) is 0 Å². The highest BCUT2D eigenvalue weighted by molar-refractivity contribution is 6.89. The molecule has 0 aliphatic carbocycles. The molecule has 10 heteroatoms. The minimum atomic E-state index is -2.85. The molecule has 0 rings (SSSR count). The Labute approximate surface area is 200 Å². The van der Waals surface area contributed by atoms with Crippen molar-refractivity contribution in [1.29, 1.82) is 0 Å². The molecule has 0 aromatic heterocycles. The van der Waals surface area contributed by atoms with Gasteiger partial charge in [0.05, 0.1) is 0 Å². The van der Waals surface area contributed by atoms with Crippen LogP contribution in [0.5, 0.6) is 0 Å². The van der Waals surface area contributed by atoms with Crippen LogP contribution in [0, 0.1) is 0 Å². The molecular weight excluding hydrogens is 473 g/mol. The molecule has 0 spiro atoms. The van der Waals surface area contributed by atoms with E-state index in [1.54, 1.807) is 0 Å². The molecule has 5 nitrogen and oxygen atoms in total. The van der Waals surface area contributed by atoms with Crippen LogP contribution in [0.3, 0.4) is 0 Å². The zero-order chi connectivity index (χ0) is 24.6. The first-order valence-electron chi connectivity index (χ1n) is 12.3. The van der Waals surface area contributed by atoms with E-state index in [1.165, 1.54) is 32.1 Å². The van der Waals surface area contributed by atoms with Crippen molar-refractivity contribution < 1.29 is 20.9 Å². The van der Waals surface area contributed by atoms with Gasteiger partial charge in [-0.3, -0.25) is 0 Å². The number of rotatable bonds is 17. The van der Waals surface area contributed by atoms with Gasteiger partial charge in [-0.15, -0.1) is 0 Å². The van der Waals surface area contributed by atoms with Gasteiger partial charge in [-0.2, -0.15) is 0 Å². The van der Waals surface area contributed by atoms with E-state index in [0.29, 0.717) is 0 Å². The van der Waals surface area contributed by atoms with Crippen LogP contribution in [-0.4, -0.2) is 48.7 Å². The lowest BCUT2D eigenvalue weighted by Gasteiger charge is -2.43. The Bertz CT molecular complexity index is 507. The molecule has 2 unspecified atom stereocenters. The van der Waals surface area contributed by atoms with Crippen molar-refractivity contribution in [3.8, 4) is 0 Å². The number of hydrogen-bond acceptors (Lipinski definition) is 5. The quantitative estimate of drug-likeness (QED) is 0.143. The maximum absolute atomic E-state index is 6.91. The summed E-state index contributed by atoms with van der Waals surface area (Å²) in [7, 11) is -11.3. The van der Waals surface area contributed by atoms with Crippen LogP contribution >= 0.6 is 0 Å². The van der Waals surface area contributed by atoms with Crippen LogP contribution in [0.1, 0.15) is 59.3 Å². The smallest absolute Gasteiger partial charge is 0.437 e. The minimum absolute atomic E-state index is 0.0591. The van der Waals surface area contributed by atoms with Crippen molar-refractivity contribution in [3.05, 3.63) is 0 Å². The van der Waals surface area contributed by atoms with Crippen molar-refractivity contribution in [2.75, 3.05) is 0 Å². The summed E-state index contributed by atoms with van der Waals surface area (Å²) >= 11 is 0. The van der Waals surface area contributed by atoms with Gasteiger partial charge < -0.3 is 20.9 Å². The Hall–Kier alpha value is 0.884. The van der Waals surface area contributed by atoms with Gasteiger partial charge in [-0.1, -0.05) is 45.4 Å². The van der Waals surface area contributed by atoms with Gasteiger partial charge in [0.2, 0.25) is 0 Å². The first kappa shape index (κ1) is 31.9. The molecule has 188 valence electrons. The zero-order valence-electron chi connectivity index (χ0n) is 23.1. The van der Waals surface area contributed by atoms with Crippen molar-refractivity contribution in [3.63, 3.8) is 0 Å². The maximum Gasteiger partial charge on any atom is 0.478 e. The first-order chi connectivity index (χ1) is 13.8. The van der Waals surface area contributed by atoms with Gasteiger partial charge in [-0.05, 0) is 78.8 Å². The lowest BCUT2D eigenvalue weighted by molar-refractivity contribution is 0.115. The lowest BCUT2D eigenvalue weighted by atomic mass is 10.1. The molecule has 0 N–H and O–H groups in total. The molecular formula is C21H54O5Si5. The highest BCUT2D eigenvalue weighted by Gasteiger charge is 2.50. The summed E-state index contributed by atoms with van der Waals surface area (Å²) in [6.45, 7) is 28.3. The Morgan fingerprint density at radius 2 is 1.06 bits per heavy atom. The van der Waals surface area contributed by atoms with E-state index in [1.807, 2.05) is 0 Å². The molecule has 0 aliphatic rings. The third kappa shape index (κ3) is 17.0. The maximum atomic E-state index is 6.91. The highest BCUT2D eigenvalue weighted by atomic mass is 28.5. The predicted molar refractivity (Wildman–Crippen MR) is 146 cm³/mol. The molecule has 0 heterocycles. The lowest BCUT2D eigenvalue weighted by Crippen LogP contribution is -2.61. The van der Waals surface area contributed by atoms with Crippen molar-refractivity contribution in [2.45, 2.75) is 137 Å². The molecule has 0 bridgehead atoms. The number of hydrogen-bond donors (Lipinski definition) is 0. The molecule has 2 atom stereocenters. The fourth-order valence-corrected chi connectivity index (χ4v) is 26.3. The summed E-state index contributed by atoms with van der Waals surface area (Å²) in [5.41, 5.74) is 0. The molecule has 0 aromatic carbocycles. The predicted octanol–water partition coefficient (Wildman–Crippen LogP) is 7.85. The van der Waals surface area contributed by atoms with Gasteiger partial charge >= 0.3 is 25.9 Å². The zero-order valence-corrected chi connectivity index (χ0v) is 28.1. The van der Waals surface area contributed by atoms with Crippen molar-refractivity contribution in [1.82, 2.24) is 0 Å². The van der Waals surface area contributed by atoms with Crippen molar-refractivity contribution >= 4 is 42.6 Å². The van der Waals surface area contributed by atoms with E-state index < -0.39 is 42.6 Å². The third-order valence-corrected chi connectivity index (χ3v) is 21.8. The molecule has 0 aromatic rings. The SMILES string of the molecule is CCCCCCCC[Si](C)(O[Si](C)(C)O[Si](C)(C)C)O[Si](C)(OC(C)C)O[Si](C)(C)C. The van der Waals surface area contributed by atoms with Gasteiger partial charge in [0.25, 0.3) is 0 Å². The van der Waals surface area contributed by atoms with Crippen LogP contribution in [-0.2, 0) is 20.9 Å². The van der Waals surface area contributed by atoms with E-state index >= 15 is 0 Å². The van der Waals surface area contributed by atoms with Crippen LogP contribution in [0.4, 0.5) is 0 Å². The van der Waals surface area contributed by atoms with Crippen molar-refractivity contribution in [2.24, 2.45) is 0 Å². The molecule has 0 amide bonds. The fourth-order valence-electron chi connectivity index (χ4n) is 4.07. The second-order valence-corrected chi connectivity index (χ2v) is 31.0. The summed E-state index contributed by atoms with van der Waals surface area (Å²) in [6, 6.07) is 0.962. The van der Waals surface area contributed by atoms with E-state index in [0.717, 1.165) is 12.5 Å². The Balaban J connectivity index is 5.59. The molecule has 31 heavy (non-hydrogen) atoms. The van der Waals surface area contributed by atoms with Gasteiger partial charge in [-0.25, -0.2) is 0 Å². The standard InChI is InChI=1S/C21H54O5Si5/c1-14-15-16-17-18-19-20-30(12,25-29(10,11)23-27(4,5)6)26-31(13,22-21(2)3)24-28(7,8)9/h21H,14-20H2,1-13H3. The van der Waals surface area contributed by atoms with Crippen LogP contribution in [0.2, 0.25) is 71.5 Å². The Kier molecular flexibility index (Phi) is 13.5. The second kappa shape index (κ2) is 13.1. The van der Waals surface area contributed by atoms with E-state index in [9.17, 15) is 0 Å². The molecule has 0 aliphatic heterocycles. The van der Waals surface area contributed by atoms with E-state index in [2.05, 4.69) is 86.2 Å². The molecule has 0 saturated heterocycles. The molecule has 0 fully saturated rings. The topological polar surface area (TPSA) is 46.2 Å².